The van der Waals surface area contributed by atoms with E-state index in [4.69, 9.17) is 0 Å². The highest BCUT2D eigenvalue weighted by Crippen LogP contribution is 2.23. The van der Waals surface area contributed by atoms with Gasteiger partial charge in [0.1, 0.15) is 0 Å². The quantitative estimate of drug-likeness (QED) is 0.645. The second-order valence-electron chi connectivity index (χ2n) is 4.30. The van der Waals surface area contributed by atoms with Gasteiger partial charge in [0.05, 0.1) is 9.52 Å². The summed E-state index contributed by atoms with van der Waals surface area (Å²) in [5.74, 6) is 0. The van der Waals surface area contributed by atoms with Gasteiger partial charge >= 0.3 is 0 Å². The minimum Gasteiger partial charge on any atom is -0.355 e. The maximum absolute atomic E-state index is 3.50. The summed E-state index contributed by atoms with van der Waals surface area (Å²) in [5, 5.41) is 4.24. The first-order chi connectivity index (χ1) is 7.88. The van der Waals surface area contributed by atoms with E-state index in [1.807, 2.05) is 0 Å². The number of nitrogens with one attached hydrogen (secondary N) is 1. The van der Waals surface area contributed by atoms with Crippen LogP contribution in [-0.4, -0.2) is 14.5 Å². The largest absolute Gasteiger partial charge is 0.355 e. The first kappa shape index (κ1) is 9.67. The van der Waals surface area contributed by atoms with E-state index in [2.05, 4.69) is 54.4 Å². The van der Waals surface area contributed by atoms with Crippen molar-refractivity contribution in [1.29, 1.82) is 0 Å². The molecule has 16 heavy (non-hydrogen) atoms. The van der Waals surface area contributed by atoms with Crippen molar-refractivity contribution in [3.63, 3.8) is 0 Å². The predicted molar refractivity (Wildman–Crippen MR) is 74.5 cm³/mol. The maximum atomic E-state index is 3.50. The van der Waals surface area contributed by atoms with Gasteiger partial charge in [-0.05, 0) is 12.1 Å². The summed E-state index contributed by atoms with van der Waals surface area (Å²) < 4.78 is 0. The number of hydrogen-bond acceptors (Lipinski definition) is 0. The molecule has 0 bridgehead atoms. The van der Waals surface area contributed by atoms with E-state index in [-0.39, 0.29) is 9.52 Å². The van der Waals surface area contributed by atoms with Gasteiger partial charge in [0.15, 0.2) is 0 Å². The molecule has 0 radical (unpaired) electrons. The van der Waals surface area contributed by atoms with Gasteiger partial charge in [-0.2, -0.15) is 0 Å². The van der Waals surface area contributed by atoms with Crippen LogP contribution >= 0.6 is 0 Å². The molecule has 1 aromatic heterocycles. The summed E-state index contributed by atoms with van der Waals surface area (Å²) in [6.07, 6.45) is 0. The van der Waals surface area contributed by atoms with E-state index in [1.165, 1.54) is 27.8 Å². The molecule has 2 heteroatoms. The van der Waals surface area contributed by atoms with Crippen LogP contribution in [0.2, 0.25) is 6.04 Å². The topological polar surface area (TPSA) is 15.8 Å². The number of hydrogen-bond donors (Lipinski definition) is 1. The van der Waals surface area contributed by atoms with Crippen molar-refractivity contribution in [2.24, 2.45) is 0 Å². The molecule has 0 aliphatic heterocycles. The minimum absolute atomic E-state index is 0.0453. The molecule has 0 unspecified atom stereocenters. The van der Waals surface area contributed by atoms with Crippen molar-refractivity contribution >= 4 is 36.5 Å². The van der Waals surface area contributed by atoms with E-state index in [9.17, 15) is 0 Å². The summed E-state index contributed by atoms with van der Waals surface area (Å²) in [6, 6.07) is 16.8. The van der Waals surface area contributed by atoms with Crippen LogP contribution in [0.5, 0.6) is 0 Å². The lowest BCUT2D eigenvalue weighted by Gasteiger charge is -1.97. The van der Waals surface area contributed by atoms with Crippen molar-refractivity contribution in [1.82, 2.24) is 4.98 Å². The molecule has 1 heterocycles. The lowest BCUT2D eigenvalue weighted by atomic mass is 10.1. The Morgan fingerprint density at radius 3 is 2.69 bits per heavy atom. The van der Waals surface area contributed by atoms with Crippen molar-refractivity contribution in [3.8, 4) is 0 Å². The first-order valence-corrected chi connectivity index (χ1v) is 7.58. The van der Waals surface area contributed by atoms with Crippen molar-refractivity contribution in [2.45, 2.75) is 13.0 Å². The van der Waals surface area contributed by atoms with E-state index < -0.39 is 0 Å². The Morgan fingerprint density at radius 1 is 1.00 bits per heavy atom. The van der Waals surface area contributed by atoms with Crippen LogP contribution in [0.15, 0.2) is 42.5 Å². The lowest BCUT2D eigenvalue weighted by Crippen LogP contribution is -2.11. The van der Waals surface area contributed by atoms with E-state index in [0.29, 0.717) is 0 Å². The number of H-pyrrole nitrogens is 1. The molecule has 0 atom stereocenters. The second kappa shape index (κ2) is 3.80. The van der Waals surface area contributed by atoms with Gasteiger partial charge in [-0.1, -0.05) is 48.5 Å². The molecule has 0 fully saturated rings. The van der Waals surface area contributed by atoms with Crippen molar-refractivity contribution in [3.05, 3.63) is 42.5 Å². The Kier molecular flexibility index (Phi) is 2.29. The normalized spacial score (nSPS) is 12.1. The summed E-state index contributed by atoms with van der Waals surface area (Å²) in [6.45, 7) is 2.28. The van der Waals surface area contributed by atoms with Crippen molar-refractivity contribution < 1.29 is 0 Å². The molecule has 0 aliphatic rings. The molecule has 0 aliphatic carbocycles. The molecule has 0 amide bonds. The van der Waals surface area contributed by atoms with Gasteiger partial charge in [-0.15, -0.1) is 0 Å². The first-order valence-electron chi connectivity index (χ1n) is 5.88. The molecule has 3 rings (SSSR count). The Labute approximate surface area is 97.3 Å². The highest BCUT2D eigenvalue weighted by atomic mass is 28.2. The van der Waals surface area contributed by atoms with E-state index in [1.54, 1.807) is 5.19 Å². The molecule has 1 N–H and O–H groups in total. The SMILES string of the molecule is CC[SiH2]c1ccc2c(c1)[nH]c1ccccc12. The Hall–Kier alpha value is -1.54. The zero-order chi connectivity index (χ0) is 11.0. The number of benzene rings is 2. The zero-order valence-corrected chi connectivity index (χ0v) is 10.9. The molecule has 0 saturated carbocycles. The molecular formula is C14H15NSi. The number of fused-ring (bicyclic) bond motifs is 3. The van der Waals surface area contributed by atoms with Gasteiger partial charge in [-0.3, -0.25) is 0 Å². The number of rotatable bonds is 2. The third kappa shape index (κ3) is 1.46. The molecular weight excluding hydrogens is 210 g/mol. The fourth-order valence-electron chi connectivity index (χ4n) is 2.35. The average Bonchev–Trinajstić information content (AvgIpc) is 2.67. The zero-order valence-electron chi connectivity index (χ0n) is 9.46. The third-order valence-electron chi connectivity index (χ3n) is 3.11. The number of aromatic nitrogens is 1. The van der Waals surface area contributed by atoms with Crippen LogP contribution in [-0.2, 0) is 0 Å². The lowest BCUT2D eigenvalue weighted by molar-refractivity contribution is 1.46. The highest BCUT2D eigenvalue weighted by molar-refractivity contribution is 6.53. The monoisotopic (exact) mass is 225 g/mol. The second-order valence-corrected chi connectivity index (χ2v) is 6.62. The molecule has 1 nitrogen and oxygen atoms in total. The average molecular weight is 225 g/mol. The number of para-hydroxylation sites is 1. The smallest absolute Gasteiger partial charge is 0.0545 e. The van der Waals surface area contributed by atoms with Crippen LogP contribution < -0.4 is 5.19 Å². The van der Waals surface area contributed by atoms with Gasteiger partial charge in [-0.25, -0.2) is 0 Å². The van der Waals surface area contributed by atoms with Crippen LogP contribution in [0.3, 0.4) is 0 Å². The van der Waals surface area contributed by atoms with Crippen LogP contribution in [0.1, 0.15) is 6.92 Å². The van der Waals surface area contributed by atoms with Crippen molar-refractivity contribution in [2.75, 3.05) is 0 Å². The van der Waals surface area contributed by atoms with Gasteiger partial charge < -0.3 is 4.98 Å². The third-order valence-corrected chi connectivity index (χ3v) is 4.63. The number of aromatic amines is 1. The Balaban J connectivity index is 2.28. The van der Waals surface area contributed by atoms with E-state index >= 15 is 0 Å². The molecule has 80 valence electrons. The fraction of sp³-hybridized carbons (Fsp3) is 0.143. The van der Waals surface area contributed by atoms with Crippen LogP contribution in [0, 0.1) is 0 Å². The summed E-state index contributed by atoms with van der Waals surface area (Å²) in [5.41, 5.74) is 2.53. The molecule has 0 saturated heterocycles. The van der Waals surface area contributed by atoms with Crippen LogP contribution in [0.4, 0.5) is 0 Å². The Morgan fingerprint density at radius 2 is 1.81 bits per heavy atom. The standard InChI is InChI=1S/C14H15NSi/c1-2-16-10-7-8-12-11-5-3-4-6-13(11)15-14(12)9-10/h3-9,15H,2,16H2,1H3. The maximum Gasteiger partial charge on any atom is 0.0545 e. The molecule has 3 aromatic rings. The Bertz CT molecular complexity index is 639. The van der Waals surface area contributed by atoms with Crippen LogP contribution in [0.25, 0.3) is 21.8 Å². The van der Waals surface area contributed by atoms with E-state index in [0.717, 1.165) is 0 Å². The molecule has 0 spiro atoms. The summed E-state index contributed by atoms with van der Waals surface area (Å²) >= 11 is 0. The van der Waals surface area contributed by atoms with Gasteiger partial charge in [0.25, 0.3) is 0 Å². The fourth-order valence-corrected chi connectivity index (χ4v) is 3.56. The summed E-state index contributed by atoms with van der Waals surface area (Å²) in [7, 11) is -0.0453. The van der Waals surface area contributed by atoms with Gasteiger partial charge in [0.2, 0.25) is 0 Å². The van der Waals surface area contributed by atoms with Gasteiger partial charge in [0, 0.05) is 21.8 Å². The highest BCUT2D eigenvalue weighted by Gasteiger charge is 2.03. The minimum atomic E-state index is -0.0453. The predicted octanol–water partition coefficient (Wildman–Crippen LogP) is 2.55. The summed E-state index contributed by atoms with van der Waals surface area (Å²) in [4.78, 5) is 3.50. The molecule has 2 aromatic carbocycles.